The van der Waals surface area contributed by atoms with E-state index in [1.165, 1.54) is 31.3 Å². The zero-order valence-electron chi connectivity index (χ0n) is 17.4. The number of nitrogens with one attached hydrogen (secondary N) is 1. The number of pyridine rings is 1. The van der Waals surface area contributed by atoms with Crippen molar-refractivity contribution >= 4 is 23.4 Å². The van der Waals surface area contributed by atoms with Crippen LogP contribution in [-0.2, 0) is 11.3 Å². The Balaban J connectivity index is 1.81. The molecule has 10 heteroatoms. The van der Waals surface area contributed by atoms with E-state index in [1.54, 1.807) is 4.90 Å². The third-order valence-electron chi connectivity index (χ3n) is 5.73. The molecule has 8 nitrogen and oxygen atoms in total. The van der Waals surface area contributed by atoms with Crippen LogP contribution >= 0.6 is 11.6 Å². The molecule has 0 spiro atoms. The number of phenolic OH excluding ortho intramolecular Hbond substituents is 1. The molecule has 0 bridgehead atoms. The van der Waals surface area contributed by atoms with Crippen LogP contribution in [0.2, 0.25) is 5.02 Å². The molecule has 0 unspecified atom stereocenters. The summed E-state index contributed by atoms with van der Waals surface area (Å²) in [4.78, 5) is 32.9. The average Bonchev–Trinajstić information content (AvgIpc) is 2.98. The molecule has 2 aliphatic heterocycles. The van der Waals surface area contributed by atoms with E-state index in [0.717, 1.165) is 0 Å². The van der Waals surface area contributed by atoms with Crippen molar-refractivity contribution in [2.45, 2.75) is 12.6 Å². The second kappa shape index (κ2) is 8.76. The van der Waals surface area contributed by atoms with E-state index in [4.69, 9.17) is 16.3 Å². The van der Waals surface area contributed by atoms with E-state index in [1.807, 2.05) is 0 Å². The first-order valence-electron chi connectivity index (χ1n) is 10.1. The highest BCUT2D eigenvalue weighted by atomic mass is 35.5. The summed E-state index contributed by atoms with van der Waals surface area (Å²) >= 11 is 6.60. The predicted octanol–water partition coefficient (Wildman–Crippen LogP) is 2.20. The van der Waals surface area contributed by atoms with Gasteiger partial charge >= 0.3 is 0 Å². The minimum Gasteiger partial charge on any atom is -0.507 e. The van der Waals surface area contributed by atoms with E-state index in [-0.39, 0.29) is 52.0 Å². The van der Waals surface area contributed by atoms with Crippen molar-refractivity contribution in [2.75, 3.05) is 33.3 Å². The fourth-order valence-electron chi connectivity index (χ4n) is 4.06. The smallest absolute Gasteiger partial charge is 0.270 e. The SMILES string of the molecule is C=CC(=O)N1CCN2Cc3c(C(=O)NC)nc(-c4c(O)cccc4F)c(Cl)c3OC[C@H]2C1. The number of hydrogen-bond acceptors (Lipinski definition) is 6. The number of ether oxygens (including phenoxy) is 1. The van der Waals surface area contributed by atoms with Crippen LogP contribution in [0.1, 0.15) is 16.1 Å². The minimum absolute atomic E-state index is 0.00641. The summed E-state index contributed by atoms with van der Waals surface area (Å²) in [6.45, 7) is 5.56. The molecule has 2 aromatic rings. The Kier molecular flexibility index (Phi) is 6.03. The Hall–Kier alpha value is -3.17. The van der Waals surface area contributed by atoms with Gasteiger partial charge in [0.2, 0.25) is 5.91 Å². The van der Waals surface area contributed by atoms with Crippen molar-refractivity contribution in [1.82, 2.24) is 20.1 Å². The number of benzene rings is 1. The lowest BCUT2D eigenvalue weighted by Crippen LogP contribution is -2.55. The lowest BCUT2D eigenvalue weighted by molar-refractivity contribution is -0.129. The van der Waals surface area contributed by atoms with E-state index in [0.29, 0.717) is 31.7 Å². The highest BCUT2D eigenvalue weighted by Crippen LogP contribution is 2.43. The molecule has 1 saturated heterocycles. The van der Waals surface area contributed by atoms with Crippen LogP contribution in [0.25, 0.3) is 11.3 Å². The molecule has 3 heterocycles. The van der Waals surface area contributed by atoms with Crippen LogP contribution in [-0.4, -0.2) is 71.0 Å². The molecule has 32 heavy (non-hydrogen) atoms. The number of amides is 2. The molecule has 1 fully saturated rings. The fraction of sp³-hybridized carbons (Fsp3) is 0.318. The number of aromatic hydroxyl groups is 1. The number of halogens is 2. The van der Waals surface area contributed by atoms with Crippen molar-refractivity contribution in [3.63, 3.8) is 0 Å². The Labute approximate surface area is 189 Å². The van der Waals surface area contributed by atoms with Crippen molar-refractivity contribution in [3.05, 3.63) is 53.0 Å². The maximum atomic E-state index is 14.6. The second-order valence-electron chi connectivity index (χ2n) is 7.57. The normalized spacial score (nSPS) is 18.1. The van der Waals surface area contributed by atoms with Crippen LogP contribution in [0.5, 0.6) is 11.5 Å². The van der Waals surface area contributed by atoms with Gasteiger partial charge in [-0.1, -0.05) is 24.2 Å². The minimum atomic E-state index is -0.730. The standard InChI is InChI=1S/C22H22ClFN4O4/c1-3-16(30)28-8-7-27-10-13-19(22(31)25-2)26-20(17-14(24)5-4-6-15(17)29)18(23)21(13)32-11-12(27)9-28/h3-6,12,29H,1,7-11H2,2H3,(H,25,31)/t12-/m1/s1. The molecule has 1 aromatic carbocycles. The molecule has 0 radical (unpaired) electrons. The van der Waals surface area contributed by atoms with Gasteiger partial charge in [-0.05, 0) is 18.2 Å². The number of nitrogens with zero attached hydrogens (tertiary/aromatic N) is 3. The van der Waals surface area contributed by atoms with Gasteiger partial charge in [-0.25, -0.2) is 9.37 Å². The summed E-state index contributed by atoms with van der Waals surface area (Å²) in [5.41, 5.74) is 0.219. The van der Waals surface area contributed by atoms with Gasteiger partial charge in [0, 0.05) is 38.8 Å². The van der Waals surface area contributed by atoms with Gasteiger partial charge in [-0.3, -0.25) is 14.5 Å². The third kappa shape index (κ3) is 3.78. The maximum Gasteiger partial charge on any atom is 0.270 e. The van der Waals surface area contributed by atoms with Gasteiger partial charge in [-0.2, -0.15) is 0 Å². The lowest BCUT2D eigenvalue weighted by atomic mass is 10.0. The highest BCUT2D eigenvalue weighted by Gasteiger charge is 2.36. The number of rotatable bonds is 3. The van der Waals surface area contributed by atoms with Gasteiger partial charge in [0.15, 0.2) is 0 Å². The number of carbonyl (C=O) groups excluding carboxylic acids is 2. The van der Waals surface area contributed by atoms with Crippen LogP contribution in [0.15, 0.2) is 30.9 Å². The Morgan fingerprint density at radius 2 is 2.19 bits per heavy atom. The third-order valence-corrected chi connectivity index (χ3v) is 6.08. The van der Waals surface area contributed by atoms with Gasteiger partial charge in [0.25, 0.3) is 5.91 Å². The molecule has 4 rings (SSSR count). The molecule has 2 amide bonds. The molecule has 2 aliphatic rings. The van der Waals surface area contributed by atoms with Crippen LogP contribution in [0.3, 0.4) is 0 Å². The number of fused-ring (bicyclic) bond motifs is 2. The highest BCUT2D eigenvalue weighted by molar-refractivity contribution is 6.35. The Morgan fingerprint density at radius 1 is 1.41 bits per heavy atom. The van der Waals surface area contributed by atoms with Gasteiger partial charge < -0.3 is 20.1 Å². The summed E-state index contributed by atoms with van der Waals surface area (Å²) in [5.74, 6) is -1.51. The molecule has 168 valence electrons. The zero-order chi connectivity index (χ0) is 23.0. The zero-order valence-corrected chi connectivity index (χ0v) is 18.2. The number of aromatic nitrogens is 1. The average molecular weight is 461 g/mol. The Bertz CT molecular complexity index is 1090. The van der Waals surface area contributed by atoms with E-state index < -0.39 is 11.7 Å². The van der Waals surface area contributed by atoms with E-state index >= 15 is 0 Å². The first-order valence-corrected chi connectivity index (χ1v) is 10.4. The van der Waals surface area contributed by atoms with Crippen LogP contribution in [0.4, 0.5) is 4.39 Å². The first kappa shape index (κ1) is 22.0. The van der Waals surface area contributed by atoms with Crippen LogP contribution in [0, 0.1) is 5.82 Å². The molecule has 2 N–H and O–H groups in total. The number of hydrogen-bond donors (Lipinski definition) is 2. The molecule has 0 aliphatic carbocycles. The molecular weight excluding hydrogens is 439 g/mol. The first-order chi connectivity index (χ1) is 15.3. The molecule has 1 aromatic heterocycles. The molecule has 0 saturated carbocycles. The predicted molar refractivity (Wildman–Crippen MR) is 116 cm³/mol. The monoisotopic (exact) mass is 460 g/mol. The van der Waals surface area contributed by atoms with Gasteiger partial charge in [0.1, 0.15) is 40.3 Å². The summed E-state index contributed by atoms with van der Waals surface area (Å²) in [6.07, 6.45) is 1.28. The maximum absolute atomic E-state index is 14.6. The summed E-state index contributed by atoms with van der Waals surface area (Å²) in [5, 5.41) is 12.8. The van der Waals surface area contributed by atoms with E-state index in [9.17, 15) is 19.1 Å². The summed E-state index contributed by atoms with van der Waals surface area (Å²) in [7, 11) is 1.46. The lowest BCUT2D eigenvalue weighted by Gasteiger charge is -2.39. The fourth-order valence-corrected chi connectivity index (χ4v) is 4.37. The Morgan fingerprint density at radius 3 is 2.88 bits per heavy atom. The topological polar surface area (TPSA) is 95.0 Å². The van der Waals surface area contributed by atoms with Crippen LogP contribution < -0.4 is 10.1 Å². The van der Waals surface area contributed by atoms with Crippen molar-refractivity contribution in [3.8, 4) is 22.8 Å². The number of piperazine rings is 1. The second-order valence-corrected chi connectivity index (χ2v) is 7.95. The van der Waals surface area contributed by atoms with Crippen molar-refractivity contribution in [1.29, 1.82) is 0 Å². The van der Waals surface area contributed by atoms with Gasteiger partial charge in [0.05, 0.1) is 11.6 Å². The summed E-state index contributed by atoms with van der Waals surface area (Å²) in [6, 6.07) is 3.70. The summed E-state index contributed by atoms with van der Waals surface area (Å²) < 4.78 is 20.6. The number of phenols is 1. The van der Waals surface area contributed by atoms with Crippen molar-refractivity contribution in [2.24, 2.45) is 0 Å². The molecule has 1 atom stereocenters. The largest absolute Gasteiger partial charge is 0.507 e. The molecular formula is C22H22ClFN4O4. The quantitative estimate of drug-likeness (QED) is 0.682. The number of carbonyl (C=O) groups is 2. The van der Waals surface area contributed by atoms with Gasteiger partial charge in [-0.15, -0.1) is 0 Å². The van der Waals surface area contributed by atoms with E-state index in [2.05, 4.69) is 21.8 Å². The van der Waals surface area contributed by atoms with Crippen molar-refractivity contribution < 1.29 is 23.8 Å².